The van der Waals surface area contributed by atoms with Gasteiger partial charge in [-0.05, 0) is 31.0 Å². The van der Waals surface area contributed by atoms with Gasteiger partial charge in [0.2, 0.25) is 10.0 Å². The Morgan fingerprint density at radius 2 is 1.93 bits per heavy atom. The Morgan fingerprint density at radius 1 is 1.17 bits per heavy atom. The molecule has 0 aliphatic carbocycles. The van der Waals surface area contributed by atoms with Crippen LogP contribution >= 0.6 is 11.3 Å². The van der Waals surface area contributed by atoms with E-state index in [1.54, 1.807) is 18.2 Å². The maximum atomic E-state index is 12.7. The van der Waals surface area contributed by atoms with Crippen molar-refractivity contribution in [3.05, 3.63) is 35.5 Å². The molecule has 1 aromatic carbocycles. The summed E-state index contributed by atoms with van der Waals surface area (Å²) in [6.07, 6.45) is 2.91. The van der Waals surface area contributed by atoms with Gasteiger partial charge in [-0.25, -0.2) is 23.1 Å². The van der Waals surface area contributed by atoms with Gasteiger partial charge in [-0.2, -0.15) is 0 Å². The predicted octanol–water partition coefficient (Wildman–Crippen LogP) is 4.48. The lowest BCUT2D eigenvalue weighted by Crippen LogP contribution is -2.23. The summed E-state index contributed by atoms with van der Waals surface area (Å²) < 4.78 is 34.5. The van der Waals surface area contributed by atoms with Crippen LogP contribution in [0.25, 0.3) is 10.2 Å². The van der Waals surface area contributed by atoms with E-state index in [0.717, 1.165) is 34.7 Å². The highest BCUT2D eigenvalue weighted by molar-refractivity contribution is 7.89. The molecule has 2 heterocycles. The lowest BCUT2D eigenvalue weighted by molar-refractivity contribution is 0.453. The molecule has 0 atom stereocenters. The Morgan fingerprint density at radius 3 is 2.59 bits per heavy atom. The van der Waals surface area contributed by atoms with Crippen molar-refractivity contribution in [1.29, 1.82) is 0 Å². The van der Waals surface area contributed by atoms with Gasteiger partial charge in [0.1, 0.15) is 5.76 Å². The van der Waals surface area contributed by atoms with Crippen LogP contribution < -0.4 is 10.0 Å². The summed E-state index contributed by atoms with van der Waals surface area (Å²) in [6, 6.07) is 5.00. The van der Waals surface area contributed by atoms with Gasteiger partial charge in [-0.1, -0.05) is 44.9 Å². The third-order valence-corrected chi connectivity index (χ3v) is 7.40. The molecule has 7 nitrogen and oxygen atoms in total. The number of hydrogen-bond acceptors (Lipinski definition) is 7. The summed E-state index contributed by atoms with van der Waals surface area (Å²) in [6.45, 7) is 9.06. The lowest BCUT2D eigenvalue weighted by atomic mass is 10.0. The van der Waals surface area contributed by atoms with E-state index in [4.69, 9.17) is 4.42 Å². The molecule has 0 aliphatic rings. The van der Waals surface area contributed by atoms with Crippen LogP contribution in [0, 0.1) is 12.8 Å². The van der Waals surface area contributed by atoms with Crippen LogP contribution in [0.1, 0.15) is 51.0 Å². The molecule has 2 N–H and O–H groups in total. The van der Waals surface area contributed by atoms with Crippen molar-refractivity contribution in [2.24, 2.45) is 5.92 Å². The van der Waals surface area contributed by atoms with Gasteiger partial charge in [0.25, 0.3) is 0 Å². The number of rotatable bonds is 10. The van der Waals surface area contributed by atoms with Crippen LogP contribution in [-0.2, 0) is 23.0 Å². The molecule has 9 heteroatoms. The zero-order valence-electron chi connectivity index (χ0n) is 17.3. The highest BCUT2D eigenvalue weighted by Gasteiger charge is 2.18. The largest absolute Gasteiger partial charge is 0.444 e. The number of sulfonamides is 1. The van der Waals surface area contributed by atoms with E-state index >= 15 is 0 Å². The molecule has 29 heavy (non-hydrogen) atoms. The van der Waals surface area contributed by atoms with Crippen molar-refractivity contribution in [2.75, 3.05) is 11.9 Å². The fraction of sp³-hybridized carbons (Fsp3) is 0.500. The highest BCUT2D eigenvalue weighted by Crippen LogP contribution is 2.28. The van der Waals surface area contributed by atoms with Crippen LogP contribution in [0.4, 0.5) is 5.13 Å². The SMILES string of the molecule is CCc1nc(C)c(CNS(=O)(=O)c2ccc3nc(NCC(CC)CC)sc3c2)o1. The van der Waals surface area contributed by atoms with E-state index in [2.05, 4.69) is 33.9 Å². The van der Waals surface area contributed by atoms with Gasteiger partial charge < -0.3 is 9.73 Å². The molecule has 0 saturated heterocycles. The van der Waals surface area contributed by atoms with Gasteiger partial charge >= 0.3 is 0 Å². The Hall–Kier alpha value is -1.97. The van der Waals surface area contributed by atoms with Crippen molar-refractivity contribution < 1.29 is 12.8 Å². The number of anilines is 1. The smallest absolute Gasteiger partial charge is 0.241 e. The summed E-state index contributed by atoms with van der Waals surface area (Å²) in [7, 11) is -3.67. The van der Waals surface area contributed by atoms with Gasteiger partial charge in [0.05, 0.1) is 27.4 Å². The number of nitrogens with zero attached hydrogens (tertiary/aromatic N) is 2. The van der Waals surface area contributed by atoms with Crippen molar-refractivity contribution in [1.82, 2.24) is 14.7 Å². The van der Waals surface area contributed by atoms with Crippen LogP contribution in [0.5, 0.6) is 0 Å². The minimum absolute atomic E-state index is 0.0735. The lowest BCUT2D eigenvalue weighted by Gasteiger charge is -2.11. The molecule has 0 saturated carbocycles. The number of oxazole rings is 1. The van der Waals surface area contributed by atoms with Crippen LogP contribution in [0.3, 0.4) is 0 Å². The van der Waals surface area contributed by atoms with Crippen molar-refractivity contribution >= 4 is 36.7 Å². The first-order chi connectivity index (χ1) is 13.9. The second-order valence-electron chi connectivity index (χ2n) is 7.01. The molecular formula is C20H28N4O3S2. The van der Waals surface area contributed by atoms with Gasteiger partial charge in [0, 0.05) is 13.0 Å². The standard InChI is InChI=1S/C20H28N4O3S2/c1-5-14(6-2)11-21-20-24-16-9-8-15(10-18(16)28-20)29(25,26)22-12-17-13(4)23-19(7-3)27-17/h8-10,14,22H,5-7,11-12H2,1-4H3,(H,21,24). The topological polar surface area (TPSA) is 97.1 Å². The molecule has 3 rings (SSSR count). The molecular weight excluding hydrogens is 408 g/mol. The normalized spacial score (nSPS) is 12.2. The van der Waals surface area contributed by atoms with E-state index in [9.17, 15) is 8.42 Å². The van der Waals surface area contributed by atoms with Gasteiger partial charge in [-0.15, -0.1) is 0 Å². The fourth-order valence-corrected chi connectivity index (χ4v) is 5.00. The first-order valence-corrected chi connectivity index (χ1v) is 12.3. The van der Waals surface area contributed by atoms with Crippen LogP contribution in [-0.4, -0.2) is 24.9 Å². The second kappa shape index (κ2) is 9.23. The summed E-state index contributed by atoms with van der Waals surface area (Å²) >= 11 is 1.47. The molecule has 0 spiro atoms. The first-order valence-electron chi connectivity index (χ1n) is 9.95. The van der Waals surface area contributed by atoms with Crippen molar-refractivity contribution in [2.45, 2.75) is 58.4 Å². The quantitative estimate of drug-likeness (QED) is 0.486. The molecule has 158 valence electrons. The predicted molar refractivity (Wildman–Crippen MR) is 117 cm³/mol. The Labute approximate surface area is 176 Å². The first kappa shape index (κ1) is 21.7. The number of aromatic nitrogens is 2. The van der Waals surface area contributed by atoms with E-state index in [-0.39, 0.29) is 11.4 Å². The highest BCUT2D eigenvalue weighted by atomic mass is 32.2. The Bertz CT molecular complexity index is 1070. The fourth-order valence-electron chi connectivity index (χ4n) is 3.00. The molecule has 0 aliphatic heterocycles. The van der Waals surface area contributed by atoms with Crippen molar-refractivity contribution in [3.63, 3.8) is 0 Å². The van der Waals surface area contributed by atoms with Gasteiger partial charge in [-0.3, -0.25) is 0 Å². The van der Waals surface area contributed by atoms with E-state index < -0.39 is 10.0 Å². The Balaban J connectivity index is 1.73. The summed E-state index contributed by atoms with van der Waals surface area (Å²) in [4.78, 5) is 9.05. The summed E-state index contributed by atoms with van der Waals surface area (Å²) in [5.41, 5.74) is 1.50. The molecule has 0 amide bonds. The second-order valence-corrected chi connectivity index (χ2v) is 9.80. The number of fused-ring (bicyclic) bond motifs is 1. The van der Waals surface area contributed by atoms with Crippen LogP contribution in [0.2, 0.25) is 0 Å². The van der Waals surface area contributed by atoms with E-state index in [1.807, 2.05) is 13.8 Å². The number of benzene rings is 1. The molecule has 2 aromatic heterocycles. The minimum atomic E-state index is -3.67. The number of hydrogen-bond donors (Lipinski definition) is 2. The molecule has 0 bridgehead atoms. The number of thiazole rings is 1. The molecule has 0 unspecified atom stereocenters. The third kappa shape index (κ3) is 5.15. The monoisotopic (exact) mass is 436 g/mol. The average Bonchev–Trinajstić information content (AvgIpc) is 3.29. The summed E-state index contributed by atoms with van der Waals surface area (Å²) in [5.74, 6) is 1.75. The number of nitrogens with one attached hydrogen (secondary N) is 2. The third-order valence-electron chi connectivity index (χ3n) is 5.03. The molecule has 3 aromatic rings. The van der Waals surface area contributed by atoms with E-state index in [0.29, 0.717) is 29.7 Å². The minimum Gasteiger partial charge on any atom is -0.444 e. The molecule has 0 radical (unpaired) electrons. The van der Waals surface area contributed by atoms with Gasteiger partial charge in [0.15, 0.2) is 11.0 Å². The number of aryl methyl sites for hydroxylation is 2. The Kier molecular flexibility index (Phi) is 6.92. The molecule has 0 fully saturated rings. The average molecular weight is 437 g/mol. The summed E-state index contributed by atoms with van der Waals surface area (Å²) in [5, 5.41) is 4.20. The zero-order chi connectivity index (χ0) is 21.0. The van der Waals surface area contributed by atoms with E-state index in [1.165, 1.54) is 11.3 Å². The zero-order valence-corrected chi connectivity index (χ0v) is 18.9. The van der Waals surface area contributed by atoms with Crippen LogP contribution in [0.15, 0.2) is 27.5 Å². The maximum absolute atomic E-state index is 12.7. The maximum Gasteiger partial charge on any atom is 0.241 e. The van der Waals surface area contributed by atoms with Crippen molar-refractivity contribution in [3.8, 4) is 0 Å².